The highest BCUT2D eigenvalue weighted by atomic mass is 79.9. The fraction of sp³-hybridized carbons (Fsp3) is 0.583. The first kappa shape index (κ1) is 15.1. The lowest BCUT2D eigenvalue weighted by Crippen LogP contribution is -2.30. The number of hydrogen-bond donors (Lipinski definition) is 0. The summed E-state index contributed by atoms with van der Waals surface area (Å²) in [6.45, 7) is 4.40. The predicted octanol–water partition coefficient (Wildman–Crippen LogP) is 4.30. The average molecular weight is 340 g/mol. The van der Waals surface area contributed by atoms with Crippen molar-refractivity contribution in [1.82, 2.24) is 4.98 Å². The summed E-state index contributed by atoms with van der Waals surface area (Å²) >= 11 is 9.50. The number of nitrogens with zero attached hydrogens (tertiary/aromatic N) is 2. The third-order valence-corrected chi connectivity index (χ3v) is 3.98. The van der Waals surface area contributed by atoms with Gasteiger partial charge < -0.3 is 4.90 Å². The number of pyridine rings is 1. The minimum Gasteiger partial charge on any atom is -0.370 e. The van der Waals surface area contributed by atoms with Crippen LogP contribution >= 0.6 is 39.9 Å². The molecule has 2 heterocycles. The fourth-order valence-electron chi connectivity index (χ4n) is 2.25. The summed E-state index contributed by atoms with van der Waals surface area (Å²) in [7, 11) is 0. The van der Waals surface area contributed by atoms with Gasteiger partial charge in [-0.1, -0.05) is 0 Å². The molecule has 0 atom stereocenters. The molecule has 0 bridgehead atoms. The van der Waals surface area contributed by atoms with Gasteiger partial charge in [-0.15, -0.1) is 24.0 Å². The van der Waals surface area contributed by atoms with Gasteiger partial charge in [-0.25, -0.2) is 0 Å². The first-order valence-corrected chi connectivity index (χ1v) is 7.01. The standard InChI is InChI=1S/C12H16BrClN2.ClH/c1-9-11(7-14)15-8-10(13)12(9)16-5-3-2-4-6-16;/h8H,2-7H2,1H3;1H. The van der Waals surface area contributed by atoms with Crippen LogP contribution in [-0.4, -0.2) is 18.1 Å². The van der Waals surface area contributed by atoms with E-state index >= 15 is 0 Å². The Hall–Kier alpha value is 0.01000. The molecule has 17 heavy (non-hydrogen) atoms. The van der Waals surface area contributed by atoms with Gasteiger partial charge in [0.2, 0.25) is 0 Å². The number of piperidine rings is 1. The fourth-order valence-corrected chi connectivity index (χ4v) is 3.17. The molecule has 96 valence electrons. The number of aromatic nitrogens is 1. The van der Waals surface area contributed by atoms with Gasteiger partial charge in [-0.05, 0) is 47.7 Å². The second-order valence-electron chi connectivity index (χ2n) is 4.21. The van der Waals surface area contributed by atoms with Crippen LogP contribution in [0.4, 0.5) is 5.69 Å². The zero-order chi connectivity index (χ0) is 11.5. The van der Waals surface area contributed by atoms with Gasteiger partial charge in [-0.2, -0.15) is 0 Å². The van der Waals surface area contributed by atoms with Crippen LogP contribution in [0.1, 0.15) is 30.5 Å². The van der Waals surface area contributed by atoms with E-state index in [0.29, 0.717) is 5.88 Å². The summed E-state index contributed by atoms with van der Waals surface area (Å²) in [5, 5.41) is 0. The molecule has 0 radical (unpaired) electrons. The van der Waals surface area contributed by atoms with Gasteiger partial charge in [0.05, 0.1) is 21.7 Å². The first-order valence-electron chi connectivity index (χ1n) is 5.69. The van der Waals surface area contributed by atoms with Crippen LogP contribution in [0, 0.1) is 6.92 Å². The Morgan fingerprint density at radius 2 is 2.00 bits per heavy atom. The molecule has 1 aromatic heterocycles. The Bertz CT molecular complexity index is 379. The number of halogens is 3. The van der Waals surface area contributed by atoms with Crippen molar-refractivity contribution in [3.8, 4) is 0 Å². The van der Waals surface area contributed by atoms with Crippen LogP contribution in [0.3, 0.4) is 0 Å². The van der Waals surface area contributed by atoms with Crippen molar-refractivity contribution in [3.63, 3.8) is 0 Å². The number of hydrogen-bond acceptors (Lipinski definition) is 2. The molecular formula is C12H17BrCl2N2. The van der Waals surface area contributed by atoms with E-state index in [-0.39, 0.29) is 12.4 Å². The van der Waals surface area contributed by atoms with Crippen LogP contribution in [0.5, 0.6) is 0 Å². The van der Waals surface area contributed by atoms with Crippen molar-refractivity contribution in [1.29, 1.82) is 0 Å². The molecule has 2 nitrogen and oxygen atoms in total. The van der Waals surface area contributed by atoms with Crippen molar-refractivity contribution in [3.05, 3.63) is 21.9 Å². The minimum absolute atomic E-state index is 0. The van der Waals surface area contributed by atoms with Crippen LogP contribution < -0.4 is 4.90 Å². The summed E-state index contributed by atoms with van der Waals surface area (Å²) in [6, 6.07) is 0. The van der Waals surface area contributed by atoms with Crippen LogP contribution in [0.2, 0.25) is 0 Å². The smallest absolute Gasteiger partial charge is 0.0650 e. The molecule has 1 aromatic rings. The lowest BCUT2D eigenvalue weighted by Gasteiger charge is -2.31. The molecule has 1 fully saturated rings. The van der Waals surface area contributed by atoms with E-state index in [1.165, 1.54) is 30.5 Å². The van der Waals surface area contributed by atoms with Crippen LogP contribution in [-0.2, 0) is 5.88 Å². The highest BCUT2D eigenvalue weighted by molar-refractivity contribution is 9.10. The van der Waals surface area contributed by atoms with E-state index in [1.54, 1.807) is 0 Å². The molecule has 0 spiro atoms. The maximum Gasteiger partial charge on any atom is 0.0650 e. The van der Waals surface area contributed by atoms with Gasteiger partial charge in [0.25, 0.3) is 0 Å². The minimum atomic E-state index is 0. The van der Waals surface area contributed by atoms with E-state index in [9.17, 15) is 0 Å². The van der Waals surface area contributed by atoms with Gasteiger partial charge in [-0.3, -0.25) is 4.98 Å². The summed E-state index contributed by atoms with van der Waals surface area (Å²) in [5.74, 6) is 0.486. The zero-order valence-corrected chi connectivity index (χ0v) is 13.0. The van der Waals surface area contributed by atoms with Crippen molar-refractivity contribution < 1.29 is 0 Å². The molecule has 0 amide bonds. The highest BCUT2D eigenvalue weighted by Gasteiger charge is 2.17. The second kappa shape index (κ2) is 6.81. The monoisotopic (exact) mass is 338 g/mol. The quantitative estimate of drug-likeness (QED) is 0.746. The maximum absolute atomic E-state index is 5.90. The summed E-state index contributed by atoms with van der Waals surface area (Å²) in [4.78, 5) is 6.79. The third-order valence-electron chi connectivity index (χ3n) is 3.15. The number of alkyl halides is 1. The van der Waals surface area contributed by atoms with E-state index < -0.39 is 0 Å². The van der Waals surface area contributed by atoms with Crippen LogP contribution in [0.15, 0.2) is 10.7 Å². The lowest BCUT2D eigenvalue weighted by atomic mass is 10.1. The Kier molecular flexibility index (Phi) is 6.04. The molecule has 1 aliphatic rings. The van der Waals surface area contributed by atoms with Gasteiger partial charge in [0, 0.05) is 19.3 Å². The lowest BCUT2D eigenvalue weighted by molar-refractivity contribution is 0.576. The predicted molar refractivity (Wildman–Crippen MR) is 79.5 cm³/mol. The highest BCUT2D eigenvalue weighted by Crippen LogP contribution is 2.33. The Morgan fingerprint density at radius 3 is 2.59 bits per heavy atom. The SMILES string of the molecule is Cc1c(CCl)ncc(Br)c1N1CCCCC1.Cl. The van der Waals surface area contributed by atoms with Crippen molar-refractivity contribution in [2.45, 2.75) is 32.1 Å². The second-order valence-corrected chi connectivity index (χ2v) is 5.33. The number of rotatable bonds is 2. The van der Waals surface area contributed by atoms with E-state index in [1.807, 2.05) is 6.20 Å². The molecule has 0 saturated carbocycles. The number of anilines is 1. The summed E-state index contributed by atoms with van der Waals surface area (Å²) in [5.41, 5.74) is 3.49. The molecule has 5 heteroatoms. The molecular weight excluding hydrogens is 323 g/mol. The van der Waals surface area contributed by atoms with E-state index in [0.717, 1.165) is 23.3 Å². The molecule has 0 aliphatic carbocycles. The largest absolute Gasteiger partial charge is 0.370 e. The summed E-state index contributed by atoms with van der Waals surface area (Å²) < 4.78 is 1.08. The first-order chi connectivity index (χ1) is 7.74. The maximum atomic E-state index is 5.90. The van der Waals surface area contributed by atoms with Gasteiger partial charge in [0.1, 0.15) is 0 Å². The molecule has 1 saturated heterocycles. The van der Waals surface area contributed by atoms with Crippen molar-refractivity contribution in [2.75, 3.05) is 18.0 Å². The zero-order valence-electron chi connectivity index (χ0n) is 9.88. The molecule has 1 aliphatic heterocycles. The molecule has 0 N–H and O–H groups in total. The van der Waals surface area contributed by atoms with E-state index in [4.69, 9.17) is 11.6 Å². The average Bonchev–Trinajstić information content (AvgIpc) is 2.31. The normalized spacial score (nSPS) is 15.6. The topological polar surface area (TPSA) is 16.1 Å². The third kappa shape index (κ3) is 3.27. The van der Waals surface area contributed by atoms with Crippen LogP contribution in [0.25, 0.3) is 0 Å². The molecule has 0 unspecified atom stereocenters. The van der Waals surface area contributed by atoms with Gasteiger partial charge >= 0.3 is 0 Å². The molecule has 2 rings (SSSR count). The summed E-state index contributed by atoms with van der Waals surface area (Å²) in [6.07, 6.45) is 5.78. The van der Waals surface area contributed by atoms with Crippen molar-refractivity contribution >= 4 is 45.6 Å². The van der Waals surface area contributed by atoms with Crippen molar-refractivity contribution in [2.24, 2.45) is 0 Å². The Balaban J connectivity index is 0.00000144. The molecule has 0 aromatic carbocycles. The Labute approximate surface area is 122 Å². The van der Waals surface area contributed by atoms with Gasteiger partial charge in [0.15, 0.2) is 0 Å². The van der Waals surface area contributed by atoms with E-state index in [2.05, 4.69) is 32.7 Å². The Morgan fingerprint density at radius 1 is 1.35 bits per heavy atom.